The molecule has 2 aromatic carbocycles. The first-order chi connectivity index (χ1) is 18.1. The van der Waals surface area contributed by atoms with E-state index in [0.717, 1.165) is 0 Å². The molecule has 40 heavy (non-hydrogen) atoms. The Morgan fingerprint density at radius 3 is 1.62 bits per heavy atom. The first kappa shape index (κ1) is 40.0. The standard InChI is InChI=1S/C35H53Si.3ClH.Ti/c1-4-5-6-7-8-9-10-11-12-13-14-15-16-17-18-20-23-31-26-27-33-30(3)29(2)28-34(33)35(31)36-32-24-21-19-22-25-32;;;;/h19,21-22,24-27,30H,4-18,20,23,36H2,1-3H3;3*1H;/q;;;;+3/p-3. The molecule has 0 saturated heterocycles. The summed E-state index contributed by atoms with van der Waals surface area (Å²) in [6, 6.07) is 16.3. The van der Waals surface area contributed by atoms with Crippen molar-refractivity contribution in [1.82, 2.24) is 0 Å². The number of hydrogen-bond acceptors (Lipinski definition) is 0. The predicted octanol–water partition coefficient (Wildman–Crippen LogP) is 0.0171. The van der Waals surface area contributed by atoms with Gasteiger partial charge in [-0.2, -0.15) is 0 Å². The van der Waals surface area contributed by atoms with Crippen LogP contribution < -0.4 is 47.6 Å². The number of halogens is 3. The summed E-state index contributed by atoms with van der Waals surface area (Å²) in [5, 5.41) is 3.32. The van der Waals surface area contributed by atoms with Gasteiger partial charge >= 0.3 is 180 Å². The molecule has 1 aliphatic rings. The third-order valence-electron chi connectivity index (χ3n) is 8.73. The van der Waals surface area contributed by atoms with Crippen LogP contribution in [0.2, 0.25) is 0 Å². The second-order valence-electron chi connectivity index (χ2n) is 11.7. The molecule has 0 saturated carbocycles. The van der Waals surface area contributed by atoms with Crippen LogP contribution in [0.4, 0.5) is 0 Å². The van der Waals surface area contributed by atoms with Crippen LogP contribution in [0.1, 0.15) is 146 Å². The van der Waals surface area contributed by atoms with Gasteiger partial charge in [-0.25, -0.2) is 0 Å². The van der Waals surface area contributed by atoms with Crippen molar-refractivity contribution in [1.29, 1.82) is 0 Å². The van der Waals surface area contributed by atoms with Gasteiger partial charge in [0.25, 0.3) is 0 Å². The minimum atomic E-state index is -0.463. The smallest absolute Gasteiger partial charge is 1.00 e. The van der Waals surface area contributed by atoms with Crippen LogP contribution >= 0.6 is 0 Å². The van der Waals surface area contributed by atoms with Crippen LogP contribution in [-0.4, -0.2) is 9.52 Å². The Bertz CT molecular complexity index is 961. The molecule has 0 bridgehead atoms. The number of unbranched alkanes of at least 4 members (excludes halogenated alkanes) is 15. The van der Waals surface area contributed by atoms with Crippen molar-refractivity contribution in [3.05, 3.63) is 64.7 Å². The number of aryl methyl sites for hydroxylation is 1. The van der Waals surface area contributed by atoms with Gasteiger partial charge in [-0.3, -0.25) is 0 Å². The van der Waals surface area contributed by atoms with Crippen LogP contribution in [0, 0.1) is 0 Å². The average molecular weight is 656 g/mol. The van der Waals surface area contributed by atoms with Crippen molar-refractivity contribution in [2.75, 3.05) is 0 Å². The quantitative estimate of drug-likeness (QED) is 0.148. The van der Waals surface area contributed by atoms with E-state index in [2.05, 4.69) is 83.7 Å². The maximum absolute atomic E-state index is 2.50. The fourth-order valence-corrected chi connectivity index (χ4v) is 9.18. The zero-order valence-corrected chi connectivity index (χ0v) is 30.7. The minimum Gasteiger partial charge on any atom is -1.00 e. The SMILES string of the molecule is CCCCCCCCCCCCCCCCCCc1ccc2c(c1[SiH2]c1ccccc1)[C]([Ti+3])=C(C)C2C.[Cl-].[Cl-].[Cl-]. The third-order valence-corrected chi connectivity index (χ3v) is 11.8. The summed E-state index contributed by atoms with van der Waals surface area (Å²) in [6.45, 7) is 7.05. The Balaban J connectivity index is 0.00000507. The van der Waals surface area contributed by atoms with Gasteiger partial charge in [0.05, 0.1) is 0 Å². The first-order valence-electron chi connectivity index (χ1n) is 15.7. The molecule has 0 spiro atoms. The fourth-order valence-electron chi connectivity index (χ4n) is 6.11. The Kier molecular flexibility index (Phi) is 23.4. The number of benzene rings is 2. The van der Waals surface area contributed by atoms with Crippen LogP contribution in [0.15, 0.2) is 48.0 Å². The number of allylic oxidation sites excluding steroid dienone is 1. The Hall–Kier alpha value is -0.0188. The van der Waals surface area contributed by atoms with E-state index in [9.17, 15) is 0 Å². The molecule has 2 aromatic rings. The van der Waals surface area contributed by atoms with Gasteiger partial charge in [0.1, 0.15) is 0 Å². The average Bonchev–Trinajstić information content (AvgIpc) is 3.13. The summed E-state index contributed by atoms with van der Waals surface area (Å²) < 4.78 is 1.56. The van der Waals surface area contributed by atoms with Crippen LogP contribution in [0.3, 0.4) is 0 Å². The van der Waals surface area contributed by atoms with E-state index in [-0.39, 0.29) is 37.2 Å². The molecule has 0 aliphatic heterocycles. The van der Waals surface area contributed by atoms with Gasteiger partial charge in [0, 0.05) is 0 Å². The topological polar surface area (TPSA) is 0 Å². The zero-order valence-electron chi connectivity index (χ0n) is 25.5. The molecule has 0 nitrogen and oxygen atoms in total. The van der Waals surface area contributed by atoms with Gasteiger partial charge < -0.3 is 37.2 Å². The molecule has 3 rings (SSSR count). The number of hydrogen-bond donors (Lipinski definition) is 0. The van der Waals surface area contributed by atoms with E-state index in [1.807, 2.05) is 0 Å². The summed E-state index contributed by atoms with van der Waals surface area (Å²) in [5.74, 6) is 0.586. The van der Waals surface area contributed by atoms with E-state index in [1.165, 1.54) is 109 Å². The molecule has 0 amide bonds. The summed E-state index contributed by atoms with van der Waals surface area (Å²) in [5.41, 5.74) is 6.46. The first-order valence-corrected chi connectivity index (χ1v) is 17.9. The second-order valence-corrected chi connectivity index (χ2v) is 14.3. The Morgan fingerprint density at radius 1 is 0.650 bits per heavy atom. The molecule has 1 atom stereocenters. The summed E-state index contributed by atoms with van der Waals surface area (Å²) in [7, 11) is -0.463. The van der Waals surface area contributed by atoms with Crippen LogP contribution in [-0.2, 0) is 26.9 Å². The Morgan fingerprint density at radius 2 is 1.12 bits per heavy atom. The summed E-state index contributed by atoms with van der Waals surface area (Å²) in [6.07, 6.45) is 24.3. The molecular formula is C35H53Cl3SiTi. The normalized spacial score (nSPS) is 14.2. The maximum Gasteiger partial charge on any atom is -1.00 e. The molecule has 0 aromatic heterocycles. The van der Waals surface area contributed by atoms with Gasteiger partial charge in [-0.05, 0) is 0 Å². The summed E-state index contributed by atoms with van der Waals surface area (Å²) in [4.78, 5) is 0. The molecule has 0 radical (unpaired) electrons. The van der Waals surface area contributed by atoms with Gasteiger partial charge in [-0.15, -0.1) is 0 Å². The van der Waals surface area contributed by atoms with E-state index in [1.54, 1.807) is 36.5 Å². The van der Waals surface area contributed by atoms with Gasteiger partial charge in [0.2, 0.25) is 0 Å². The molecule has 222 valence electrons. The fraction of sp³-hybridized carbons (Fsp3) is 0.600. The van der Waals surface area contributed by atoms with Crippen molar-refractivity contribution in [2.45, 2.75) is 136 Å². The van der Waals surface area contributed by atoms with Crippen LogP contribution in [0.5, 0.6) is 0 Å². The molecule has 0 fully saturated rings. The van der Waals surface area contributed by atoms with E-state index in [4.69, 9.17) is 0 Å². The predicted molar refractivity (Wildman–Crippen MR) is 165 cm³/mol. The van der Waals surface area contributed by atoms with Crippen molar-refractivity contribution < 1.29 is 57.7 Å². The van der Waals surface area contributed by atoms with Crippen molar-refractivity contribution in [3.8, 4) is 0 Å². The van der Waals surface area contributed by atoms with E-state index < -0.39 is 9.52 Å². The second kappa shape index (κ2) is 23.4. The maximum atomic E-state index is 2.50. The zero-order chi connectivity index (χ0) is 26.3. The molecule has 1 aliphatic carbocycles. The van der Waals surface area contributed by atoms with E-state index in [0.29, 0.717) is 5.92 Å². The van der Waals surface area contributed by atoms with Gasteiger partial charge in [-0.1, -0.05) is 64.7 Å². The molecule has 0 heterocycles. The minimum absolute atomic E-state index is 0. The van der Waals surface area contributed by atoms with Crippen molar-refractivity contribution in [3.63, 3.8) is 0 Å². The van der Waals surface area contributed by atoms with Gasteiger partial charge in [0.15, 0.2) is 0 Å². The molecule has 0 N–H and O–H groups in total. The third kappa shape index (κ3) is 13.1. The largest absolute Gasteiger partial charge is 1.00 e. The molecular weight excluding hydrogens is 603 g/mol. The van der Waals surface area contributed by atoms with Crippen molar-refractivity contribution in [2.24, 2.45) is 0 Å². The number of fused-ring (bicyclic) bond motifs is 1. The summed E-state index contributed by atoms with van der Waals surface area (Å²) >= 11 is 2.37. The molecule has 1 unspecified atom stereocenters. The molecule has 5 heteroatoms. The van der Waals surface area contributed by atoms with E-state index >= 15 is 0 Å². The van der Waals surface area contributed by atoms with Crippen LogP contribution in [0.25, 0.3) is 3.88 Å². The number of rotatable bonds is 19. The Labute approximate surface area is 280 Å². The van der Waals surface area contributed by atoms with Crippen molar-refractivity contribution >= 4 is 23.8 Å². The monoisotopic (exact) mass is 654 g/mol.